The van der Waals surface area contributed by atoms with Gasteiger partial charge in [-0.1, -0.05) is 19.1 Å². The van der Waals surface area contributed by atoms with E-state index in [1.54, 1.807) is 31.3 Å². The number of nitrogens with one attached hydrogen (secondary N) is 3. The molecule has 0 saturated heterocycles. The molecular formula is C22H23N3O2. The van der Waals surface area contributed by atoms with Crippen molar-refractivity contribution in [1.29, 1.82) is 0 Å². The molecule has 0 unspecified atom stereocenters. The molecule has 1 aromatic heterocycles. The van der Waals surface area contributed by atoms with Crippen LogP contribution in [0, 0.1) is 5.92 Å². The zero-order valence-electron chi connectivity index (χ0n) is 15.6. The van der Waals surface area contributed by atoms with Crippen molar-refractivity contribution in [2.24, 2.45) is 5.92 Å². The number of benzene rings is 2. The molecule has 2 aromatic carbocycles. The van der Waals surface area contributed by atoms with E-state index in [1.807, 2.05) is 12.1 Å². The van der Waals surface area contributed by atoms with Gasteiger partial charge in [-0.15, -0.1) is 0 Å². The molecule has 0 spiro atoms. The van der Waals surface area contributed by atoms with Crippen molar-refractivity contribution >= 4 is 28.4 Å². The summed E-state index contributed by atoms with van der Waals surface area (Å²) in [4.78, 5) is 28.0. The third kappa shape index (κ3) is 3.21. The van der Waals surface area contributed by atoms with Gasteiger partial charge in [-0.25, -0.2) is 0 Å². The third-order valence-corrected chi connectivity index (χ3v) is 5.35. The van der Waals surface area contributed by atoms with Crippen molar-refractivity contribution in [2.75, 3.05) is 12.4 Å². The van der Waals surface area contributed by atoms with Crippen molar-refractivity contribution < 1.29 is 9.59 Å². The number of rotatable bonds is 3. The predicted octanol–water partition coefficient (Wildman–Crippen LogP) is 3.90. The number of aromatic nitrogens is 1. The molecule has 4 rings (SSSR count). The van der Waals surface area contributed by atoms with E-state index in [9.17, 15) is 9.59 Å². The van der Waals surface area contributed by atoms with Gasteiger partial charge in [0.05, 0.1) is 11.1 Å². The van der Waals surface area contributed by atoms with E-state index < -0.39 is 0 Å². The zero-order valence-corrected chi connectivity index (χ0v) is 15.6. The van der Waals surface area contributed by atoms with Crippen LogP contribution in [-0.2, 0) is 12.8 Å². The number of amides is 2. The van der Waals surface area contributed by atoms with Gasteiger partial charge >= 0.3 is 0 Å². The lowest BCUT2D eigenvalue weighted by molar-refractivity contribution is 0.0962. The molecule has 0 radical (unpaired) electrons. The fourth-order valence-electron chi connectivity index (χ4n) is 3.85. The van der Waals surface area contributed by atoms with Gasteiger partial charge in [-0.3, -0.25) is 9.59 Å². The summed E-state index contributed by atoms with van der Waals surface area (Å²) in [6.45, 7) is 2.28. The van der Waals surface area contributed by atoms with Crippen molar-refractivity contribution in [2.45, 2.75) is 26.2 Å². The lowest BCUT2D eigenvalue weighted by Gasteiger charge is -2.17. The van der Waals surface area contributed by atoms with Crippen molar-refractivity contribution in [3.05, 3.63) is 64.8 Å². The molecule has 138 valence electrons. The Bertz CT molecular complexity index is 1020. The number of hydrogen-bond donors (Lipinski definition) is 3. The average Bonchev–Trinajstić information content (AvgIpc) is 3.05. The first kappa shape index (κ1) is 17.3. The van der Waals surface area contributed by atoms with Crippen LogP contribution in [-0.4, -0.2) is 23.8 Å². The molecular weight excluding hydrogens is 338 g/mol. The molecule has 1 atom stereocenters. The molecule has 5 heteroatoms. The number of carbonyl (C=O) groups is 2. The number of H-pyrrole nitrogens is 1. The van der Waals surface area contributed by atoms with Gasteiger partial charge in [0.15, 0.2) is 0 Å². The summed E-state index contributed by atoms with van der Waals surface area (Å²) in [7, 11) is 1.59. The SMILES string of the molecule is CNC(=O)c1ccc(NC(=O)c2cccc3c4c([nH]c23)CC[C@@H](C)C4)cc1. The van der Waals surface area contributed by atoms with Crippen LogP contribution in [0.25, 0.3) is 10.9 Å². The molecule has 0 bridgehead atoms. The maximum Gasteiger partial charge on any atom is 0.257 e. The van der Waals surface area contributed by atoms with Crippen molar-refractivity contribution in [3.63, 3.8) is 0 Å². The fraction of sp³-hybridized carbons (Fsp3) is 0.273. The number of para-hydroxylation sites is 1. The average molecular weight is 361 g/mol. The van der Waals surface area contributed by atoms with E-state index in [0.717, 1.165) is 23.7 Å². The van der Waals surface area contributed by atoms with Crippen LogP contribution in [0.3, 0.4) is 0 Å². The van der Waals surface area contributed by atoms with Crippen LogP contribution >= 0.6 is 0 Å². The molecule has 27 heavy (non-hydrogen) atoms. The number of aromatic amines is 1. The second kappa shape index (κ2) is 6.91. The molecule has 0 aliphatic heterocycles. The highest BCUT2D eigenvalue weighted by Gasteiger charge is 2.22. The maximum absolute atomic E-state index is 12.9. The highest BCUT2D eigenvalue weighted by molar-refractivity contribution is 6.12. The summed E-state index contributed by atoms with van der Waals surface area (Å²) >= 11 is 0. The second-order valence-electron chi connectivity index (χ2n) is 7.27. The number of hydrogen-bond acceptors (Lipinski definition) is 2. The molecule has 1 heterocycles. The number of aryl methyl sites for hydroxylation is 1. The maximum atomic E-state index is 12.9. The quantitative estimate of drug-likeness (QED) is 0.662. The first-order valence-corrected chi connectivity index (χ1v) is 9.32. The first-order chi connectivity index (χ1) is 13.1. The Kier molecular flexibility index (Phi) is 4.44. The number of anilines is 1. The van der Waals surface area contributed by atoms with Gasteiger partial charge in [0.2, 0.25) is 0 Å². The van der Waals surface area contributed by atoms with Crippen molar-refractivity contribution in [1.82, 2.24) is 10.3 Å². The van der Waals surface area contributed by atoms with E-state index in [4.69, 9.17) is 0 Å². The summed E-state index contributed by atoms with van der Waals surface area (Å²) in [6, 6.07) is 12.8. The van der Waals surface area contributed by atoms with E-state index >= 15 is 0 Å². The Morgan fingerprint density at radius 3 is 2.59 bits per heavy atom. The molecule has 5 nitrogen and oxygen atoms in total. The van der Waals surface area contributed by atoms with Crippen LogP contribution < -0.4 is 10.6 Å². The van der Waals surface area contributed by atoms with Crippen LogP contribution in [0.4, 0.5) is 5.69 Å². The molecule has 3 aromatic rings. The van der Waals surface area contributed by atoms with Gasteiger partial charge < -0.3 is 15.6 Å². The minimum Gasteiger partial charge on any atom is -0.358 e. The molecule has 1 aliphatic carbocycles. The van der Waals surface area contributed by atoms with Crippen LogP contribution in [0.15, 0.2) is 42.5 Å². The molecule has 3 N–H and O–H groups in total. The van der Waals surface area contributed by atoms with Gasteiger partial charge in [-0.2, -0.15) is 0 Å². The molecule has 2 amide bonds. The van der Waals surface area contributed by atoms with Gasteiger partial charge in [0.25, 0.3) is 11.8 Å². The summed E-state index contributed by atoms with van der Waals surface area (Å²) < 4.78 is 0. The Morgan fingerprint density at radius 2 is 1.85 bits per heavy atom. The highest BCUT2D eigenvalue weighted by atomic mass is 16.2. The third-order valence-electron chi connectivity index (χ3n) is 5.35. The normalized spacial score (nSPS) is 16.0. The lowest BCUT2D eigenvalue weighted by atomic mass is 9.87. The summed E-state index contributed by atoms with van der Waals surface area (Å²) in [5, 5.41) is 6.67. The van der Waals surface area contributed by atoms with Gasteiger partial charge in [0, 0.05) is 29.4 Å². The van der Waals surface area contributed by atoms with E-state index in [2.05, 4.69) is 28.6 Å². The lowest BCUT2D eigenvalue weighted by Crippen LogP contribution is -2.18. The Balaban J connectivity index is 1.62. The summed E-state index contributed by atoms with van der Waals surface area (Å²) in [6.07, 6.45) is 3.27. The highest BCUT2D eigenvalue weighted by Crippen LogP contribution is 2.33. The molecule has 1 aliphatic rings. The van der Waals surface area contributed by atoms with E-state index in [0.29, 0.717) is 22.7 Å². The van der Waals surface area contributed by atoms with Crippen LogP contribution in [0.5, 0.6) is 0 Å². The Labute approximate surface area is 158 Å². The van der Waals surface area contributed by atoms with Crippen molar-refractivity contribution in [3.8, 4) is 0 Å². The Morgan fingerprint density at radius 1 is 1.07 bits per heavy atom. The Hall–Kier alpha value is -3.08. The van der Waals surface area contributed by atoms with E-state index in [1.165, 1.54) is 17.7 Å². The second-order valence-corrected chi connectivity index (χ2v) is 7.27. The number of fused-ring (bicyclic) bond motifs is 3. The molecule has 0 saturated carbocycles. The monoisotopic (exact) mass is 361 g/mol. The first-order valence-electron chi connectivity index (χ1n) is 9.32. The van der Waals surface area contributed by atoms with Crippen LogP contribution in [0.2, 0.25) is 0 Å². The minimum atomic E-state index is -0.153. The minimum absolute atomic E-state index is 0.149. The smallest absolute Gasteiger partial charge is 0.257 e. The van der Waals surface area contributed by atoms with Crippen LogP contribution in [0.1, 0.15) is 45.3 Å². The van der Waals surface area contributed by atoms with Gasteiger partial charge in [0.1, 0.15) is 0 Å². The standard InChI is InChI=1S/C22H23N3O2/c1-13-6-11-19-18(12-13)16-4-3-5-17(20(16)25-19)22(27)24-15-9-7-14(8-10-15)21(26)23-2/h3-5,7-10,13,25H,6,11-12H2,1-2H3,(H,23,26)(H,24,27)/t13-/m1/s1. The summed E-state index contributed by atoms with van der Waals surface area (Å²) in [5.74, 6) is 0.372. The van der Waals surface area contributed by atoms with E-state index in [-0.39, 0.29) is 11.8 Å². The molecule has 0 fully saturated rings. The zero-order chi connectivity index (χ0) is 19.0. The van der Waals surface area contributed by atoms with Gasteiger partial charge in [-0.05, 0) is 61.1 Å². The topological polar surface area (TPSA) is 74.0 Å². The predicted molar refractivity (Wildman–Crippen MR) is 107 cm³/mol. The fourth-order valence-corrected chi connectivity index (χ4v) is 3.85. The largest absolute Gasteiger partial charge is 0.358 e. The number of carbonyl (C=O) groups excluding carboxylic acids is 2. The summed E-state index contributed by atoms with van der Waals surface area (Å²) in [5.41, 5.74) is 5.39.